The molecule has 0 aliphatic heterocycles. The molecule has 1 N–H and O–H groups in total. The SMILES string of the molecule is CCCNC(c1cccc(Br)c1)c1cnn(CC)c1. The molecule has 0 bridgehead atoms. The number of aromatic nitrogens is 2. The molecule has 2 rings (SSSR count). The molecule has 102 valence electrons. The fourth-order valence-electron chi connectivity index (χ4n) is 2.10. The number of halogens is 1. The summed E-state index contributed by atoms with van der Waals surface area (Å²) in [6, 6.07) is 8.65. The zero-order chi connectivity index (χ0) is 13.7. The quantitative estimate of drug-likeness (QED) is 0.878. The van der Waals surface area contributed by atoms with Gasteiger partial charge >= 0.3 is 0 Å². The van der Waals surface area contributed by atoms with Gasteiger partial charge in [0.05, 0.1) is 12.2 Å². The molecular weight excluding hydrogens is 302 g/mol. The lowest BCUT2D eigenvalue weighted by atomic mass is 10.0. The molecule has 1 atom stereocenters. The predicted molar refractivity (Wildman–Crippen MR) is 82.2 cm³/mol. The van der Waals surface area contributed by atoms with Gasteiger partial charge in [-0.1, -0.05) is 35.0 Å². The van der Waals surface area contributed by atoms with E-state index < -0.39 is 0 Å². The van der Waals surface area contributed by atoms with Crippen LogP contribution in [0.1, 0.15) is 37.4 Å². The number of rotatable bonds is 6. The lowest BCUT2D eigenvalue weighted by molar-refractivity contribution is 0.596. The number of hydrogen-bond donors (Lipinski definition) is 1. The molecule has 0 saturated heterocycles. The van der Waals surface area contributed by atoms with Crippen LogP contribution in [0, 0.1) is 0 Å². The Morgan fingerprint density at radius 3 is 2.79 bits per heavy atom. The van der Waals surface area contributed by atoms with Gasteiger partial charge in [-0.25, -0.2) is 0 Å². The fraction of sp³-hybridized carbons (Fsp3) is 0.400. The van der Waals surface area contributed by atoms with Crippen molar-refractivity contribution in [3.63, 3.8) is 0 Å². The first-order valence-corrected chi connectivity index (χ1v) is 7.55. The molecule has 1 heterocycles. The van der Waals surface area contributed by atoms with Crippen molar-refractivity contribution in [3.8, 4) is 0 Å². The third-order valence-corrected chi connectivity index (χ3v) is 3.58. The zero-order valence-corrected chi connectivity index (χ0v) is 13.0. The van der Waals surface area contributed by atoms with Gasteiger partial charge in [0.15, 0.2) is 0 Å². The Morgan fingerprint density at radius 2 is 2.16 bits per heavy atom. The van der Waals surface area contributed by atoms with Gasteiger partial charge in [0.1, 0.15) is 0 Å². The van der Waals surface area contributed by atoms with E-state index >= 15 is 0 Å². The Kier molecular flexibility index (Phi) is 5.16. The average Bonchev–Trinajstić information content (AvgIpc) is 2.88. The summed E-state index contributed by atoms with van der Waals surface area (Å²) in [5.74, 6) is 0. The highest BCUT2D eigenvalue weighted by Crippen LogP contribution is 2.24. The van der Waals surface area contributed by atoms with Crippen LogP contribution in [0.2, 0.25) is 0 Å². The normalized spacial score (nSPS) is 12.6. The number of nitrogens with zero attached hydrogens (tertiary/aromatic N) is 2. The van der Waals surface area contributed by atoms with E-state index in [0.717, 1.165) is 24.0 Å². The molecule has 0 fully saturated rings. The van der Waals surface area contributed by atoms with Gasteiger partial charge in [-0.15, -0.1) is 0 Å². The van der Waals surface area contributed by atoms with Gasteiger partial charge in [0.2, 0.25) is 0 Å². The molecule has 1 unspecified atom stereocenters. The maximum atomic E-state index is 4.38. The van der Waals surface area contributed by atoms with Crippen LogP contribution in [0.25, 0.3) is 0 Å². The van der Waals surface area contributed by atoms with E-state index in [1.807, 2.05) is 10.9 Å². The monoisotopic (exact) mass is 321 g/mol. The van der Waals surface area contributed by atoms with Crippen LogP contribution in [0.3, 0.4) is 0 Å². The van der Waals surface area contributed by atoms with Crippen molar-refractivity contribution in [2.45, 2.75) is 32.9 Å². The molecule has 0 aliphatic rings. The van der Waals surface area contributed by atoms with Crippen molar-refractivity contribution in [2.24, 2.45) is 0 Å². The number of benzene rings is 1. The Bertz CT molecular complexity index is 522. The first-order valence-electron chi connectivity index (χ1n) is 6.75. The van der Waals surface area contributed by atoms with Gasteiger partial charge in [-0.2, -0.15) is 5.10 Å². The summed E-state index contributed by atoms with van der Waals surface area (Å²) < 4.78 is 3.07. The minimum atomic E-state index is 0.206. The van der Waals surface area contributed by atoms with Crippen LogP contribution in [-0.2, 0) is 6.54 Å². The lowest BCUT2D eigenvalue weighted by Crippen LogP contribution is -2.22. The maximum Gasteiger partial charge on any atom is 0.0608 e. The van der Waals surface area contributed by atoms with E-state index in [2.05, 4.69) is 70.7 Å². The molecule has 0 radical (unpaired) electrons. The molecule has 0 aliphatic carbocycles. The van der Waals surface area contributed by atoms with Gasteiger partial charge in [0.25, 0.3) is 0 Å². The topological polar surface area (TPSA) is 29.9 Å². The van der Waals surface area contributed by atoms with E-state index in [9.17, 15) is 0 Å². The fourth-order valence-corrected chi connectivity index (χ4v) is 2.52. The summed E-state index contributed by atoms with van der Waals surface area (Å²) in [5, 5.41) is 7.97. The second kappa shape index (κ2) is 6.87. The molecule has 4 heteroatoms. The first kappa shape index (κ1) is 14.3. The summed E-state index contributed by atoms with van der Waals surface area (Å²) in [6.07, 6.45) is 5.19. The first-order chi connectivity index (χ1) is 9.24. The van der Waals surface area contributed by atoms with Crippen molar-refractivity contribution in [2.75, 3.05) is 6.54 Å². The Labute approximate surface area is 123 Å². The Balaban J connectivity index is 2.29. The van der Waals surface area contributed by atoms with Gasteiger partial charge in [-0.3, -0.25) is 4.68 Å². The maximum absolute atomic E-state index is 4.38. The summed E-state index contributed by atoms with van der Waals surface area (Å²) in [4.78, 5) is 0. The summed E-state index contributed by atoms with van der Waals surface area (Å²) >= 11 is 3.54. The third-order valence-electron chi connectivity index (χ3n) is 3.09. The van der Waals surface area contributed by atoms with Crippen molar-refractivity contribution < 1.29 is 0 Å². The van der Waals surface area contributed by atoms with Gasteiger partial charge in [-0.05, 0) is 37.6 Å². The van der Waals surface area contributed by atoms with Crippen molar-refractivity contribution in [1.29, 1.82) is 0 Å². The highest BCUT2D eigenvalue weighted by Gasteiger charge is 2.15. The van der Waals surface area contributed by atoms with Crippen molar-refractivity contribution >= 4 is 15.9 Å². The van der Waals surface area contributed by atoms with Crippen LogP contribution >= 0.6 is 15.9 Å². The lowest BCUT2D eigenvalue weighted by Gasteiger charge is -2.18. The standard InChI is InChI=1S/C15H20BrN3/c1-3-8-17-15(12-6-5-7-14(16)9-12)13-10-18-19(4-2)11-13/h5-7,9-11,15,17H,3-4,8H2,1-2H3. The predicted octanol–water partition coefficient (Wildman–Crippen LogP) is 3.75. The second-order valence-electron chi connectivity index (χ2n) is 4.57. The summed E-state index contributed by atoms with van der Waals surface area (Å²) in [7, 11) is 0. The van der Waals surface area contributed by atoms with Gasteiger partial charge in [0, 0.05) is 22.8 Å². The van der Waals surface area contributed by atoms with Crippen molar-refractivity contribution in [3.05, 3.63) is 52.3 Å². The van der Waals surface area contributed by atoms with E-state index in [1.165, 1.54) is 11.1 Å². The highest BCUT2D eigenvalue weighted by molar-refractivity contribution is 9.10. The highest BCUT2D eigenvalue weighted by atomic mass is 79.9. The van der Waals surface area contributed by atoms with Crippen LogP contribution in [0.5, 0.6) is 0 Å². The van der Waals surface area contributed by atoms with Crippen LogP contribution in [0.4, 0.5) is 0 Å². The summed E-state index contributed by atoms with van der Waals surface area (Å²) in [6.45, 7) is 6.18. The van der Waals surface area contributed by atoms with Crippen LogP contribution < -0.4 is 5.32 Å². The van der Waals surface area contributed by atoms with E-state index in [4.69, 9.17) is 0 Å². The molecule has 0 saturated carbocycles. The molecule has 3 nitrogen and oxygen atoms in total. The second-order valence-corrected chi connectivity index (χ2v) is 5.49. The van der Waals surface area contributed by atoms with E-state index in [-0.39, 0.29) is 6.04 Å². The number of aryl methyl sites for hydroxylation is 1. The minimum absolute atomic E-state index is 0.206. The molecule has 0 amide bonds. The summed E-state index contributed by atoms with van der Waals surface area (Å²) in [5.41, 5.74) is 2.48. The molecule has 2 aromatic rings. The molecule has 0 spiro atoms. The van der Waals surface area contributed by atoms with E-state index in [0.29, 0.717) is 0 Å². The minimum Gasteiger partial charge on any atom is -0.306 e. The molecule has 19 heavy (non-hydrogen) atoms. The molecule has 1 aromatic heterocycles. The largest absolute Gasteiger partial charge is 0.306 e. The number of hydrogen-bond acceptors (Lipinski definition) is 2. The Morgan fingerprint density at radius 1 is 1.32 bits per heavy atom. The average molecular weight is 322 g/mol. The van der Waals surface area contributed by atoms with Crippen LogP contribution in [0.15, 0.2) is 41.1 Å². The molecular formula is C15H20BrN3. The van der Waals surface area contributed by atoms with Gasteiger partial charge < -0.3 is 5.32 Å². The molecule has 1 aromatic carbocycles. The smallest absolute Gasteiger partial charge is 0.0608 e. The number of nitrogens with one attached hydrogen (secondary N) is 1. The van der Waals surface area contributed by atoms with Crippen LogP contribution in [-0.4, -0.2) is 16.3 Å². The Hall–Kier alpha value is -1.13. The van der Waals surface area contributed by atoms with Crippen molar-refractivity contribution in [1.82, 2.24) is 15.1 Å². The van der Waals surface area contributed by atoms with E-state index in [1.54, 1.807) is 0 Å². The zero-order valence-electron chi connectivity index (χ0n) is 11.4. The third kappa shape index (κ3) is 3.67.